The first-order valence-electron chi connectivity index (χ1n) is 8.28. The maximum absolute atomic E-state index is 13.3. The Balaban J connectivity index is 2.35. The summed E-state index contributed by atoms with van der Waals surface area (Å²) < 4.78 is 28.0. The number of rotatable bonds is 5. The molecular weight excluding hydrogens is 402 g/mol. The number of aliphatic hydroxyl groups is 1. The van der Waals surface area contributed by atoms with Crippen molar-refractivity contribution in [1.29, 1.82) is 0 Å². The quantitative estimate of drug-likeness (QED) is 0.374. The summed E-state index contributed by atoms with van der Waals surface area (Å²) in [7, 11) is 0. The second kappa shape index (κ2) is 7.95. The van der Waals surface area contributed by atoms with Crippen molar-refractivity contribution < 1.29 is 28.6 Å². The SMILES string of the molecule is O=C(O)C(=O)/C=C(\O)c1cn(-c2ccc(F)cc2)c(=O)n(-c2ccc(F)cc2)c1=O. The highest BCUT2D eigenvalue weighted by molar-refractivity contribution is 6.38. The molecule has 1 aromatic heterocycles. The van der Waals surface area contributed by atoms with Crippen molar-refractivity contribution in [3.05, 3.63) is 98.8 Å². The van der Waals surface area contributed by atoms with E-state index in [2.05, 4.69) is 0 Å². The minimum Gasteiger partial charge on any atom is -0.507 e. The molecule has 10 heteroatoms. The van der Waals surface area contributed by atoms with E-state index >= 15 is 0 Å². The summed E-state index contributed by atoms with van der Waals surface area (Å²) in [6.07, 6.45) is 1.20. The lowest BCUT2D eigenvalue weighted by Crippen LogP contribution is -2.39. The van der Waals surface area contributed by atoms with Gasteiger partial charge in [0, 0.05) is 12.3 Å². The molecule has 0 bridgehead atoms. The van der Waals surface area contributed by atoms with Crippen molar-refractivity contribution in [1.82, 2.24) is 9.13 Å². The highest BCUT2D eigenvalue weighted by Gasteiger charge is 2.19. The molecule has 152 valence electrons. The lowest BCUT2D eigenvalue weighted by atomic mass is 10.2. The van der Waals surface area contributed by atoms with E-state index in [1.165, 1.54) is 12.1 Å². The van der Waals surface area contributed by atoms with E-state index in [1.807, 2.05) is 0 Å². The summed E-state index contributed by atoms with van der Waals surface area (Å²) in [6, 6.07) is 8.84. The molecule has 3 aromatic rings. The van der Waals surface area contributed by atoms with Gasteiger partial charge >= 0.3 is 11.7 Å². The molecule has 0 atom stereocenters. The molecule has 8 nitrogen and oxygen atoms in total. The van der Waals surface area contributed by atoms with Crippen molar-refractivity contribution >= 4 is 17.5 Å². The summed E-state index contributed by atoms with van der Waals surface area (Å²) in [5.41, 5.74) is -2.55. The molecular formula is C20H12F2N2O6. The van der Waals surface area contributed by atoms with Crippen LogP contribution in [0.5, 0.6) is 0 Å². The Morgan fingerprint density at radius 3 is 1.83 bits per heavy atom. The van der Waals surface area contributed by atoms with Crippen LogP contribution in [0.3, 0.4) is 0 Å². The smallest absolute Gasteiger partial charge is 0.376 e. The Kier molecular flexibility index (Phi) is 5.41. The fraction of sp³-hybridized carbons (Fsp3) is 0. The van der Waals surface area contributed by atoms with Gasteiger partial charge in [0.1, 0.15) is 17.4 Å². The van der Waals surface area contributed by atoms with E-state index in [4.69, 9.17) is 5.11 Å². The lowest BCUT2D eigenvalue weighted by molar-refractivity contribution is -0.146. The number of benzene rings is 2. The predicted octanol–water partition coefficient (Wildman–Crippen LogP) is 1.82. The number of carboxylic acid groups (broad SMARTS) is 1. The number of halogens is 2. The number of hydrogen-bond donors (Lipinski definition) is 2. The normalized spacial score (nSPS) is 11.3. The monoisotopic (exact) mass is 414 g/mol. The summed E-state index contributed by atoms with van der Waals surface area (Å²) in [5, 5.41) is 18.9. The van der Waals surface area contributed by atoms with Crippen LogP contribution in [0.25, 0.3) is 17.1 Å². The Hall–Kier alpha value is -4.34. The molecule has 0 spiro atoms. The molecule has 30 heavy (non-hydrogen) atoms. The molecule has 0 fully saturated rings. The van der Waals surface area contributed by atoms with Gasteiger partial charge in [0.05, 0.1) is 16.9 Å². The molecule has 0 aliphatic heterocycles. The van der Waals surface area contributed by atoms with Gasteiger partial charge in [-0.15, -0.1) is 0 Å². The second-order valence-electron chi connectivity index (χ2n) is 5.99. The Bertz CT molecular complexity index is 1290. The molecule has 0 unspecified atom stereocenters. The number of nitrogens with zero attached hydrogens (tertiary/aromatic N) is 2. The van der Waals surface area contributed by atoms with E-state index in [1.54, 1.807) is 0 Å². The molecule has 0 radical (unpaired) electrons. The number of carboxylic acids is 1. The average molecular weight is 414 g/mol. The van der Waals surface area contributed by atoms with Crippen molar-refractivity contribution in [3.8, 4) is 11.4 Å². The minimum atomic E-state index is -1.87. The maximum Gasteiger partial charge on any atom is 0.376 e. The molecule has 0 amide bonds. The van der Waals surface area contributed by atoms with E-state index in [0.717, 1.165) is 47.2 Å². The summed E-state index contributed by atoms with van der Waals surface area (Å²) in [4.78, 5) is 47.9. The molecule has 2 aromatic carbocycles. The number of carbonyl (C=O) groups excluding carboxylic acids is 1. The first kappa shape index (κ1) is 20.4. The van der Waals surface area contributed by atoms with Crippen LogP contribution < -0.4 is 11.2 Å². The number of ketones is 1. The van der Waals surface area contributed by atoms with Gasteiger partial charge in [-0.25, -0.2) is 22.9 Å². The van der Waals surface area contributed by atoms with Crippen LogP contribution >= 0.6 is 0 Å². The van der Waals surface area contributed by atoms with Gasteiger partial charge < -0.3 is 10.2 Å². The Morgan fingerprint density at radius 1 is 0.833 bits per heavy atom. The third-order valence-corrected chi connectivity index (χ3v) is 4.03. The number of aromatic nitrogens is 2. The largest absolute Gasteiger partial charge is 0.507 e. The number of hydrogen-bond acceptors (Lipinski definition) is 5. The predicted molar refractivity (Wildman–Crippen MR) is 101 cm³/mol. The number of carbonyl (C=O) groups is 2. The van der Waals surface area contributed by atoms with Gasteiger partial charge in [-0.1, -0.05) is 0 Å². The Labute approximate surface area is 166 Å². The number of aliphatic hydroxyl groups excluding tert-OH is 1. The highest BCUT2D eigenvalue weighted by Crippen LogP contribution is 2.13. The first-order valence-corrected chi connectivity index (χ1v) is 8.28. The second-order valence-corrected chi connectivity index (χ2v) is 5.99. The van der Waals surface area contributed by atoms with Crippen LogP contribution in [0.2, 0.25) is 0 Å². The van der Waals surface area contributed by atoms with Gasteiger partial charge in [-0.2, -0.15) is 0 Å². The summed E-state index contributed by atoms with van der Waals surface area (Å²) in [5.74, 6) is -5.59. The van der Waals surface area contributed by atoms with Gasteiger partial charge in [-0.05, 0) is 48.5 Å². The fourth-order valence-corrected chi connectivity index (χ4v) is 2.60. The van der Waals surface area contributed by atoms with Crippen LogP contribution in [0.4, 0.5) is 8.78 Å². The standard InChI is InChI=1S/C20H12F2N2O6/c21-11-1-5-13(6-2-11)23-10-15(16(25)9-17(26)19(28)29)18(27)24(20(23)30)14-7-3-12(22)4-8-14/h1-10,25H,(H,28,29)/b16-9-. The topological polar surface area (TPSA) is 119 Å². The molecule has 1 heterocycles. The zero-order valence-corrected chi connectivity index (χ0v) is 15.0. The third-order valence-electron chi connectivity index (χ3n) is 4.03. The molecule has 3 rings (SSSR count). The van der Waals surface area contributed by atoms with Crippen molar-refractivity contribution in [2.45, 2.75) is 0 Å². The first-order chi connectivity index (χ1) is 14.2. The van der Waals surface area contributed by atoms with E-state index in [-0.39, 0.29) is 11.4 Å². The molecule has 0 saturated carbocycles. The van der Waals surface area contributed by atoms with Gasteiger partial charge in [-0.3, -0.25) is 14.2 Å². The maximum atomic E-state index is 13.3. The zero-order chi connectivity index (χ0) is 22.0. The van der Waals surface area contributed by atoms with Crippen LogP contribution in [0, 0.1) is 11.6 Å². The van der Waals surface area contributed by atoms with Gasteiger partial charge in [0.25, 0.3) is 11.3 Å². The van der Waals surface area contributed by atoms with E-state index in [0.29, 0.717) is 10.6 Å². The third kappa shape index (κ3) is 3.92. The molecule has 0 aliphatic rings. The van der Waals surface area contributed by atoms with Crippen LogP contribution in [-0.2, 0) is 9.59 Å². The summed E-state index contributed by atoms with van der Waals surface area (Å²) >= 11 is 0. The van der Waals surface area contributed by atoms with Crippen molar-refractivity contribution in [2.75, 3.05) is 0 Å². The molecule has 0 aliphatic carbocycles. The summed E-state index contributed by atoms with van der Waals surface area (Å²) in [6.45, 7) is 0. The lowest BCUT2D eigenvalue weighted by Gasteiger charge is -2.13. The zero-order valence-electron chi connectivity index (χ0n) is 15.0. The van der Waals surface area contributed by atoms with Gasteiger partial charge in [0.15, 0.2) is 0 Å². The highest BCUT2D eigenvalue weighted by atomic mass is 19.1. The molecule has 0 saturated heterocycles. The van der Waals surface area contributed by atoms with Gasteiger partial charge in [0.2, 0.25) is 0 Å². The average Bonchev–Trinajstić information content (AvgIpc) is 2.70. The minimum absolute atomic E-state index is 0.0542. The van der Waals surface area contributed by atoms with Crippen LogP contribution in [0.15, 0.2) is 70.4 Å². The van der Waals surface area contributed by atoms with E-state index in [9.17, 15) is 33.1 Å². The van der Waals surface area contributed by atoms with E-state index < -0.39 is 46.0 Å². The van der Waals surface area contributed by atoms with Crippen LogP contribution in [-0.4, -0.2) is 31.1 Å². The van der Waals surface area contributed by atoms with Crippen molar-refractivity contribution in [2.24, 2.45) is 0 Å². The van der Waals surface area contributed by atoms with Crippen LogP contribution in [0.1, 0.15) is 5.56 Å². The Morgan fingerprint density at radius 2 is 1.33 bits per heavy atom. The number of aliphatic carboxylic acids is 1. The molecule has 2 N–H and O–H groups in total. The van der Waals surface area contributed by atoms with Crippen molar-refractivity contribution in [3.63, 3.8) is 0 Å². The fourth-order valence-electron chi connectivity index (χ4n) is 2.60.